The number of carbonyl (C=O) groups is 2. The van der Waals surface area contributed by atoms with Crippen LogP contribution in [-0.2, 0) is 4.79 Å². The van der Waals surface area contributed by atoms with E-state index in [4.69, 9.17) is 14.2 Å². The van der Waals surface area contributed by atoms with E-state index in [2.05, 4.69) is 31.8 Å². The summed E-state index contributed by atoms with van der Waals surface area (Å²) in [6, 6.07) is 10.2. The Balaban J connectivity index is 1.94. The van der Waals surface area contributed by atoms with Crippen LogP contribution in [0.4, 0.5) is 0 Å². The van der Waals surface area contributed by atoms with Gasteiger partial charge in [0.25, 0.3) is 11.8 Å². The third-order valence-corrected chi connectivity index (χ3v) is 4.28. The van der Waals surface area contributed by atoms with Gasteiger partial charge in [-0.2, -0.15) is 5.10 Å². The second kappa shape index (κ2) is 10.3. The molecule has 0 fully saturated rings. The molecule has 2 aromatic rings. The Morgan fingerprint density at radius 2 is 1.71 bits per heavy atom. The molecule has 0 spiro atoms. The van der Waals surface area contributed by atoms with Crippen molar-refractivity contribution in [2.75, 3.05) is 27.9 Å². The third-order valence-electron chi connectivity index (χ3n) is 3.66. The number of para-hydroxylation sites is 1. The van der Waals surface area contributed by atoms with Crippen molar-refractivity contribution in [3.05, 3.63) is 52.0 Å². The van der Waals surface area contributed by atoms with E-state index in [0.29, 0.717) is 32.8 Å². The van der Waals surface area contributed by atoms with Gasteiger partial charge in [0.1, 0.15) is 17.2 Å². The van der Waals surface area contributed by atoms with Crippen molar-refractivity contribution in [1.82, 2.24) is 10.7 Å². The fourth-order valence-electron chi connectivity index (χ4n) is 2.29. The number of carbonyl (C=O) groups excluding carboxylic acids is 2. The maximum atomic E-state index is 12.2. The molecule has 0 radical (unpaired) electrons. The monoisotopic (exact) mass is 449 g/mol. The number of hydrazone groups is 1. The van der Waals surface area contributed by atoms with E-state index in [1.165, 1.54) is 20.4 Å². The molecule has 0 bridgehead atoms. The number of ether oxygens (including phenoxy) is 3. The lowest BCUT2D eigenvalue weighted by atomic mass is 10.2. The lowest BCUT2D eigenvalue weighted by Gasteiger charge is -2.09. The van der Waals surface area contributed by atoms with Crippen LogP contribution in [0.5, 0.6) is 17.2 Å². The Bertz CT molecular complexity index is 886. The molecule has 0 aliphatic rings. The predicted octanol–water partition coefficient (Wildman–Crippen LogP) is 2.35. The van der Waals surface area contributed by atoms with Gasteiger partial charge in [-0.05, 0) is 34.1 Å². The number of amides is 2. The number of rotatable bonds is 8. The second-order valence-corrected chi connectivity index (χ2v) is 6.26. The molecule has 0 aromatic heterocycles. The molecule has 2 rings (SSSR count). The number of halogens is 1. The zero-order valence-corrected chi connectivity index (χ0v) is 17.2. The van der Waals surface area contributed by atoms with Gasteiger partial charge in [0.2, 0.25) is 0 Å². The first-order valence-corrected chi connectivity index (χ1v) is 8.94. The summed E-state index contributed by atoms with van der Waals surface area (Å²) in [7, 11) is 4.54. The van der Waals surface area contributed by atoms with Crippen LogP contribution in [0.15, 0.2) is 46.0 Å². The highest BCUT2D eigenvalue weighted by molar-refractivity contribution is 9.10. The first kappa shape index (κ1) is 21.2. The van der Waals surface area contributed by atoms with Crippen molar-refractivity contribution in [2.24, 2.45) is 5.10 Å². The zero-order chi connectivity index (χ0) is 20.5. The molecular weight excluding hydrogens is 430 g/mol. The van der Waals surface area contributed by atoms with Crippen molar-refractivity contribution in [3.8, 4) is 17.2 Å². The van der Waals surface area contributed by atoms with Crippen LogP contribution in [-0.4, -0.2) is 45.9 Å². The number of hydrogen-bond acceptors (Lipinski definition) is 6. The van der Waals surface area contributed by atoms with E-state index >= 15 is 0 Å². The Labute approximate surface area is 171 Å². The summed E-state index contributed by atoms with van der Waals surface area (Å²) < 4.78 is 16.3. The molecule has 0 saturated carbocycles. The number of nitrogens with zero attached hydrogens (tertiary/aromatic N) is 1. The van der Waals surface area contributed by atoms with Crippen molar-refractivity contribution >= 4 is 34.0 Å². The molecule has 2 amide bonds. The molecule has 2 N–H and O–H groups in total. The Morgan fingerprint density at radius 3 is 2.39 bits per heavy atom. The van der Waals surface area contributed by atoms with Gasteiger partial charge < -0.3 is 19.5 Å². The summed E-state index contributed by atoms with van der Waals surface area (Å²) in [5.74, 6) is 0.665. The van der Waals surface area contributed by atoms with E-state index in [-0.39, 0.29) is 6.54 Å². The maximum absolute atomic E-state index is 12.2. The highest BCUT2D eigenvalue weighted by Crippen LogP contribution is 2.31. The fourth-order valence-corrected chi connectivity index (χ4v) is 2.81. The minimum atomic E-state index is -0.481. The predicted molar refractivity (Wildman–Crippen MR) is 108 cm³/mol. The molecule has 0 aliphatic heterocycles. The van der Waals surface area contributed by atoms with Gasteiger partial charge in [-0.3, -0.25) is 9.59 Å². The number of methoxy groups -OCH3 is 3. The smallest absolute Gasteiger partial charge is 0.259 e. The SMILES string of the molecule is COc1cc(OC)c(C=NNC(=O)CNC(=O)c2ccccc2OC)cc1Br. The van der Waals surface area contributed by atoms with Crippen molar-refractivity contribution in [1.29, 1.82) is 0 Å². The average Bonchev–Trinajstić information content (AvgIpc) is 2.72. The Morgan fingerprint density at radius 1 is 1.04 bits per heavy atom. The molecule has 28 heavy (non-hydrogen) atoms. The van der Waals surface area contributed by atoms with Gasteiger partial charge >= 0.3 is 0 Å². The van der Waals surface area contributed by atoms with Crippen molar-refractivity contribution < 1.29 is 23.8 Å². The Kier molecular flexibility index (Phi) is 7.82. The van der Waals surface area contributed by atoms with Crippen molar-refractivity contribution in [3.63, 3.8) is 0 Å². The van der Waals surface area contributed by atoms with Crippen LogP contribution in [0.25, 0.3) is 0 Å². The van der Waals surface area contributed by atoms with E-state index < -0.39 is 11.8 Å². The Hall–Kier alpha value is -3.07. The zero-order valence-electron chi connectivity index (χ0n) is 15.6. The molecule has 0 aliphatic carbocycles. The first-order chi connectivity index (χ1) is 13.5. The molecule has 0 unspecified atom stereocenters. The third kappa shape index (κ3) is 5.46. The van der Waals surface area contributed by atoms with Crippen molar-refractivity contribution in [2.45, 2.75) is 0 Å². The van der Waals surface area contributed by atoms with E-state index in [1.807, 2.05) is 0 Å². The quantitative estimate of drug-likeness (QED) is 0.476. The normalized spacial score (nSPS) is 10.4. The summed E-state index contributed by atoms with van der Waals surface area (Å²) in [5.41, 5.74) is 3.32. The molecule has 8 nitrogen and oxygen atoms in total. The fraction of sp³-hybridized carbons (Fsp3) is 0.211. The van der Waals surface area contributed by atoms with Gasteiger partial charge in [-0.25, -0.2) is 5.43 Å². The molecule has 0 atom stereocenters. The summed E-state index contributed by atoms with van der Waals surface area (Å²) in [4.78, 5) is 24.1. The van der Waals surface area contributed by atoms with Crippen LogP contribution < -0.4 is 25.0 Å². The van der Waals surface area contributed by atoms with Gasteiger partial charge in [-0.15, -0.1) is 0 Å². The lowest BCUT2D eigenvalue weighted by molar-refractivity contribution is -0.120. The average molecular weight is 450 g/mol. The van der Waals surface area contributed by atoms with E-state index in [0.717, 1.165) is 0 Å². The molecule has 0 saturated heterocycles. The largest absolute Gasteiger partial charge is 0.496 e. The summed E-state index contributed by atoms with van der Waals surface area (Å²) in [6.45, 7) is -0.238. The van der Waals surface area contributed by atoms with Crippen LogP contribution in [0.2, 0.25) is 0 Å². The lowest BCUT2D eigenvalue weighted by Crippen LogP contribution is -2.35. The molecule has 2 aromatic carbocycles. The first-order valence-electron chi connectivity index (χ1n) is 8.14. The molecule has 0 heterocycles. The number of nitrogens with one attached hydrogen (secondary N) is 2. The van der Waals surface area contributed by atoms with E-state index in [9.17, 15) is 9.59 Å². The van der Waals surface area contributed by atoms with Crippen LogP contribution in [0.3, 0.4) is 0 Å². The summed E-state index contributed by atoms with van der Waals surface area (Å²) in [6.07, 6.45) is 1.43. The molecule has 148 valence electrons. The van der Waals surface area contributed by atoms with Gasteiger partial charge in [0.15, 0.2) is 0 Å². The minimum absolute atomic E-state index is 0.238. The number of hydrogen-bond donors (Lipinski definition) is 2. The van der Waals surface area contributed by atoms with Gasteiger partial charge in [0.05, 0.1) is 44.1 Å². The molecular formula is C19H20BrN3O5. The van der Waals surface area contributed by atoms with Crippen LogP contribution >= 0.6 is 15.9 Å². The minimum Gasteiger partial charge on any atom is -0.496 e. The topological polar surface area (TPSA) is 98.3 Å². The van der Waals surface area contributed by atoms with Gasteiger partial charge in [0, 0.05) is 11.6 Å². The standard InChI is InChI=1S/C19H20BrN3O5/c1-26-15-7-5-4-6-13(15)19(25)21-11-18(24)23-22-10-12-8-14(20)17(28-3)9-16(12)27-2/h4-10H,11H2,1-3H3,(H,21,25)(H,23,24). The van der Waals surface area contributed by atoms with Gasteiger partial charge in [-0.1, -0.05) is 12.1 Å². The highest BCUT2D eigenvalue weighted by Gasteiger charge is 2.12. The second-order valence-electron chi connectivity index (χ2n) is 5.40. The number of benzene rings is 2. The molecule has 9 heteroatoms. The summed E-state index contributed by atoms with van der Waals surface area (Å²) in [5, 5.41) is 6.40. The highest BCUT2D eigenvalue weighted by atomic mass is 79.9. The van der Waals surface area contributed by atoms with Crippen LogP contribution in [0, 0.1) is 0 Å². The van der Waals surface area contributed by atoms with E-state index in [1.54, 1.807) is 43.5 Å². The maximum Gasteiger partial charge on any atom is 0.259 e. The summed E-state index contributed by atoms with van der Waals surface area (Å²) >= 11 is 3.38. The van der Waals surface area contributed by atoms with Crippen LogP contribution in [0.1, 0.15) is 15.9 Å².